The van der Waals surface area contributed by atoms with E-state index in [0.717, 1.165) is 52.1 Å². The summed E-state index contributed by atoms with van der Waals surface area (Å²) in [4.78, 5) is 16.4. The van der Waals surface area contributed by atoms with Crippen molar-refractivity contribution in [1.29, 1.82) is 0 Å². The molecular formula is C14H29N3O. The molecule has 0 unspecified atom stereocenters. The number of amides is 1. The second kappa shape index (κ2) is 8.48. The van der Waals surface area contributed by atoms with Crippen molar-refractivity contribution in [3.05, 3.63) is 0 Å². The molecule has 1 aliphatic heterocycles. The van der Waals surface area contributed by atoms with Crippen LogP contribution in [0.5, 0.6) is 0 Å². The van der Waals surface area contributed by atoms with Gasteiger partial charge in [-0.25, -0.2) is 0 Å². The zero-order chi connectivity index (χ0) is 13.4. The fourth-order valence-electron chi connectivity index (χ4n) is 2.18. The van der Waals surface area contributed by atoms with E-state index in [2.05, 4.69) is 36.0 Å². The van der Waals surface area contributed by atoms with Gasteiger partial charge in [-0.05, 0) is 19.4 Å². The standard InChI is InChI=1S/C14H29N3O/c1-13(2)5-4-6-14(18)15-7-8-17-11-9-16(3)10-12-17/h13H,4-12H2,1-3H3,(H,15,18). The molecule has 1 aliphatic rings. The third-order valence-corrected chi connectivity index (χ3v) is 3.53. The van der Waals surface area contributed by atoms with Gasteiger partial charge in [-0.3, -0.25) is 9.69 Å². The number of hydrogen-bond acceptors (Lipinski definition) is 3. The summed E-state index contributed by atoms with van der Waals surface area (Å²) in [5, 5.41) is 3.02. The fourth-order valence-corrected chi connectivity index (χ4v) is 2.18. The van der Waals surface area contributed by atoms with Crippen LogP contribution in [0.3, 0.4) is 0 Å². The maximum absolute atomic E-state index is 11.6. The van der Waals surface area contributed by atoms with Gasteiger partial charge in [0.05, 0.1) is 0 Å². The van der Waals surface area contributed by atoms with E-state index < -0.39 is 0 Å². The molecule has 1 amide bonds. The molecule has 0 aromatic heterocycles. The van der Waals surface area contributed by atoms with Crippen LogP contribution in [-0.4, -0.2) is 62.0 Å². The average Bonchev–Trinajstić information content (AvgIpc) is 2.31. The van der Waals surface area contributed by atoms with E-state index >= 15 is 0 Å². The lowest BCUT2D eigenvalue weighted by molar-refractivity contribution is -0.121. The van der Waals surface area contributed by atoms with E-state index in [4.69, 9.17) is 0 Å². The van der Waals surface area contributed by atoms with Crippen LogP contribution in [0.15, 0.2) is 0 Å². The van der Waals surface area contributed by atoms with Crippen molar-refractivity contribution in [2.24, 2.45) is 5.92 Å². The highest BCUT2D eigenvalue weighted by Gasteiger charge is 2.13. The molecule has 0 aliphatic carbocycles. The summed E-state index contributed by atoms with van der Waals surface area (Å²) >= 11 is 0. The minimum atomic E-state index is 0.213. The van der Waals surface area contributed by atoms with Gasteiger partial charge >= 0.3 is 0 Å². The smallest absolute Gasteiger partial charge is 0.220 e. The topological polar surface area (TPSA) is 35.6 Å². The second-order valence-electron chi connectivity index (χ2n) is 5.78. The maximum Gasteiger partial charge on any atom is 0.220 e. The molecular weight excluding hydrogens is 226 g/mol. The highest BCUT2D eigenvalue weighted by molar-refractivity contribution is 5.75. The van der Waals surface area contributed by atoms with Gasteiger partial charge in [0.25, 0.3) is 0 Å². The lowest BCUT2D eigenvalue weighted by Gasteiger charge is -2.32. The molecule has 1 heterocycles. The molecule has 0 radical (unpaired) electrons. The molecule has 0 aromatic carbocycles. The number of nitrogens with zero attached hydrogens (tertiary/aromatic N) is 2. The quantitative estimate of drug-likeness (QED) is 0.742. The second-order valence-corrected chi connectivity index (χ2v) is 5.78. The summed E-state index contributed by atoms with van der Waals surface area (Å²) in [5.74, 6) is 0.910. The zero-order valence-corrected chi connectivity index (χ0v) is 12.2. The molecule has 1 fully saturated rings. The van der Waals surface area contributed by atoms with E-state index in [1.54, 1.807) is 0 Å². The van der Waals surface area contributed by atoms with Gasteiger partial charge in [-0.1, -0.05) is 20.3 Å². The SMILES string of the molecule is CC(C)CCCC(=O)NCCN1CCN(C)CC1. The van der Waals surface area contributed by atoms with Crippen molar-refractivity contribution in [2.75, 3.05) is 46.3 Å². The number of carbonyl (C=O) groups is 1. The van der Waals surface area contributed by atoms with Crippen LogP contribution in [0.4, 0.5) is 0 Å². The summed E-state index contributed by atoms with van der Waals surface area (Å²) in [5.41, 5.74) is 0. The lowest BCUT2D eigenvalue weighted by Crippen LogP contribution is -2.46. The number of piperazine rings is 1. The summed E-state index contributed by atoms with van der Waals surface area (Å²) in [6, 6.07) is 0. The summed E-state index contributed by atoms with van der Waals surface area (Å²) < 4.78 is 0. The van der Waals surface area contributed by atoms with Crippen molar-refractivity contribution in [2.45, 2.75) is 33.1 Å². The number of hydrogen-bond donors (Lipinski definition) is 1. The third kappa shape index (κ3) is 6.97. The Hall–Kier alpha value is -0.610. The molecule has 0 spiro atoms. The lowest BCUT2D eigenvalue weighted by atomic mass is 10.1. The first-order chi connectivity index (χ1) is 8.58. The van der Waals surface area contributed by atoms with Gasteiger partial charge in [-0.15, -0.1) is 0 Å². The minimum absolute atomic E-state index is 0.213. The molecule has 1 rings (SSSR count). The predicted molar refractivity (Wildman–Crippen MR) is 75.6 cm³/mol. The molecule has 0 bridgehead atoms. The highest BCUT2D eigenvalue weighted by Crippen LogP contribution is 2.05. The van der Waals surface area contributed by atoms with E-state index in [1.807, 2.05) is 0 Å². The van der Waals surface area contributed by atoms with Crippen LogP contribution < -0.4 is 5.32 Å². The Morgan fingerprint density at radius 3 is 2.50 bits per heavy atom. The Bertz CT molecular complexity index is 235. The molecule has 106 valence electrons. The molecule has 0 aromatic rings. The summed E-state index contributed by atoms with van der Waals surface area (Å²) in [6.45, 7) is 10.7. The third-order valence-electron chi connectivity index (χ3n) is 3.53. The normalized spacial score (nSPS) is 18.2. The summed E-state index contributed by atoms with van der Waals surface area (Å²) in [7, 11) is 2.16. The Morgan fingerprint density at radius 1 is 1.22 bits per heavy atom. The van der Waals surface area contributed by atoms with E-state index in [-0.39, 0.29) is 5.91 Å². The average molecular weight is 255 g/mol. The molecule has 4 heteroatoms. The zero-order valence-electron chi connectivity index (χ0n) is 12.2. The number of nitrogens with one attached hydrogen (secondary N) is 1. The first-order valence-electron chi connectivity index (χ1n) is 7.25. The van der Waals surface area contributed by atoms with Crippen molar-refractivity contribution in [3.8, 4) is 0 Å². The van der Waals surface area contributed by atoms with Crippen LogP contribution >= 0.6 is 0 Å². The van der Waals surface area contributed by atoms with Crippen molar-refractivity contribution in [1.82, 2.24) is 15.1 Å². The Morgan fingerprint density at radius 2 is 1.89 bits per heavy atom. The highest BCUT2D eigenvalue weighted by atomic mass is 16.1. The number of rotatable bonds is 7. The van der Waals surface area contributed by atoms with Crippen molar-refractivity contribution in [3.63, 3.8) is 0 Å². The van der Waals surface area contributed by atoms with E-state index in [1.165, 1.54) is 0 Å². The van der Waals surface area contributed by atoms with Gasteiger partial charge in [0, 0.05) is 45.7 Å². The Balaban J connectivity index is 1.98. The van der Waals surface area contributed by atoms with Crippen LogP contribution in [0.2, 0.25) is 0 Å². The first kappa shape index (κ1) is 15.4. The largest absolute Gasteiger partial charge is 0.355 e. The van der Waals surface area contributed by atoms with Crippen molar-refractivity contribution >= 4 is 5.91 Å². The fraction of sp³-hybridized carbons (Fsp3) is 0.929. The van der Waals surface area contributed by atoms with Gasteiger partial charge < -0.3 is 10.2 Å². The van der Waals surface area contributed by atoms with Crippen LogP contribution in [0.1, 0.15) is 33.1 Å². The monoisotopic (exact) mass is 255 g/mol. The van der Waals surface area contributed by atoms with Crippen molar-refractivity contribution < 1.29 is 4.79 Å². The molecule has 0 atom stereocenters. The van der Waals surface area contributed by atoms with Gasteiger partial charge in [0.1, 0.15) is 0 Å². The predicted octanol–water partition coefficient (Wildman–Crippen LogP) is 1.18. The number of carbonyl (C=O) groups excluding carboxylic acids is 1. The Kier molecular flexibility index (Phi) is 7.28. The van der Waals surface area contributed by atoms with Gasteiger partial charge in [0.15, 0.2) is 0 Å². The molecule has 0 saturated carbocycles. The van der Waals surface area contributed by atoms with E-state index in [9.17, 15) is 4.79 Å². The van der Waals surface area contributed by atoms with E-state index in [0.29, 0.717) is 12.3 Å². The van der Waals surface area contributed by atoms with Crippen LogP contribution in [0, 0.1) is 5.92 Å². The first-order valence-corrected chi connectivity index (χ1v) is 7.25. The number of likely N-dealkylation sites (N-methyl/N-ethyl adjacent to an activating group) is 1. The molecule has 4 nitrogen and oxygen atoms in total. The molecule has 1 N–H and O–H groups in total. The maximum atomic E-state index is 11.6. The van der Waals surface area contributed by atoms with Gasteiger partial charge in [-0.2, -0.15) is 0 Å². The van der Waals surface area contributed by atoms with Crippen LogP contribution in [-0.2, 0) is 4.79 Å². The Labute approximate surface area is 112 Å². The van der Waals surface area contributed by atoms with Crippen LogP contribution in [0.25, 0.3) is 0 Å². The summed E-state index contributed by atoms with van der Waals surface area (Å²) in [6.07, 6.45) is 2.84. The molecule has 1 saturated heterocycles. The molecule has 18 heavy (non-hydrogen) atoms. The van der Waals surface area contributed by atoms with Gasteiger partial charge in [0.2, 0.25) is 5.91 Å². The minimum Gasteiger partial charge on any atom is -0.355 e.